The van der Waals surface area contributed by atoms with E-state index in [-0.39, 0.29) is 6.42 Å². The highest BCUT2D eigenvalue weighted by Crippen LogP contribution is 2.48. The van der Waals surface area contributed by atoms with Crippen molar-refractivity contribution in [3.8, 4) is 0 Å². The van der Waals surface area contributed by atoms with Crippen LogP contribution in [0.4, 0.5) is 5.69 Å². The van der Waals surface area contributed by atoms with Gasteiger partial charge in [0.15, 0.2) is 6.54 Å². The molecule has 0 bridgehead atoms. The normalized spacial score (nSPS) is 19.1. The molecule has 41 heavy (non-hydrogen) atoms. The minimum atomic E-state index is -1.06. The van der Waals surface area contributed by atoms with Crippen LogP contribution < -0.4 is 14.6 Å². The molecule has 0 N–H and O–H groups in total. The zero-order valence-electron chi connectivity index (χ0n) is 23.1. The number of benzene rings is 2. The van der Waals surface area contributed by atoms with E-state index < -0.39 is 5.97 Å². The minimum absolute atomic E-state index is 0.0508. The number of carboxylic acids is 1. The van der Waals surface area contributed by atoms with Gasteiger partial charge in [0.1, 0.15) is 11.3 Å². The zero-order chi connectivity index (χ0) is 28.9. The molecule has 2 heterocycles. The van der Waals surface area contributed by atoms with Gasteiger partial charge in [-0.2, -0.15) is 4.57 Å². The van der Waals surface area contributed by atoms with E-state index in [1.165, 1.54) is 15.8 Å². The van der Waals surface area contributed by atoms with Crippen LogP contribution in [0.3, 0.4) is 0 Å². The maximum atomic E-state index is 11.3. The molecule has 9 heteroatoms. The van der Waals surface area contributed by atoms with Crippen LogP contribution in [-0.2, 0) is 16.1 Å². The van der Waals surface area contributed by atoms with Crippen LogP contribution in [-0.4, -0.2) is 26.2 Å². The predicted molar refractivity (Wildman–Crippen MR) is 169 cm³/mol. The summed E-state index contributed by atoms with van der Waals surface area (Å²) in [4.78, 5) is 14.4. The number of carboxylic acid groups (broad SMARTS) is 1. The number of ether oxygens (including phenoxy) is 1. The summed E-state index contributed by atoms with van der Waals surface area (Å²) in [5, 5.41) is 14.8. The molecule has 214 valence electrons. The van der Waals surface area contributed by atoms with E-state index in [2.05, 4.69) is 47.9 Å². The van der Waals surface area contributed by atoms with Crippen LogP contribution in [0.25, 0.3) is 16.3 Å². The summed E-state index contributed by atoms with van der Waals surface area (Å²) in [6, 6.07) is 11.8. The lowest BCUT2D eigenvalue weighted by Crippen LogP contribution is -2.37. The Bertz CT molecular complexity index is 1570. The number of carbonyl (C=O) groups is 1. The van der Waals surface area contributed by atoms with Gasteiger partial charge in [0.2, 0.25) is 5.52 Å². The summed E-state index contributed by atoms with van der Waals surface area (Å²) in [6.45, 7) is 3.96. The Labute approximate surface area is 259 Å². The van der Waals surface area contributed by atoms with Crippen molar-refractivity contribution in [2.45, 2.75) is 44.0 Å². The SMILES string of the molecule is CCC1CC(/C=C2\Sc3ccc(Cl)cc3N2CCC(=O)[O-])=CC(=C/C=C/c2sc3ccc(Cl)cc3[n+]2CCOC)/C1. The first-order chi connectivity index (χ1) is 19.8. The molecule has 0 amide bonds. The summed E-state index contributed by atoms with van der Waals surface area (Å²) < 4.78 is 8.81. The molecular formula is C32H32Cl2N2O3S2. The van der Waals surface area contributed by atoms with Crippen molar-refractivity contribution in [3.05, 3.63) is 91.9 Å². The lowest BCUT2D eigenvalue weighted by Gasteiger charge is -2.24. The molecule has 1 aliphatic carbocycles. The van der Waals surface area contributed by atoms with Crippen LogP contribution in [0.15, 0.2) is 81.8 Å². The second-order valence-corrected chi connectivity index (χ2v) is 13.2. The molecule has 2 aliphatic rings. The van der Waals surface area contributed by atoms with Gasteiger partial charge >= 0.3 is 0 Å². The molecule has 1 aromatic heterocycles. The first-order valence-corrected chi connectivity index (χ1v) is 16.1. The van der Waals surface area contributed by atoms with Crippen molar-refractivity contribution in [2.75, 3.05) is 25.2 Å². The minimum Gasteiger partial charge on any atom is -0.550 e. The number of halogens is 2. The molecule has 0 saturated heterocycles. The number of rotatable bonds is 10. The molecular weight excluding hydrogens is 595 g/mol. The number of thiazole rings is 1. The van der Waals surface area contributed by atoms with Gasteiger partial charge in [0.25, 0.3) is 5.01 Å². The van der Waals surface area contributed by atoms with E-state index in [0.29, 0.717) is 24.1 Å². The number of hydrogen-bond acceptors (Lipinski definition) is 6. The molecule has 5 nitrogen and oxygen atoms in total. The highest BCUT2D eigenvalue weighted by molar-refractivity contribution is 8.03. The van der Waals surface area contributed by atoms with Gasteiger partial charge in [-0.3, -0.25) is 0 Å². The van der Waals surface area contributed by atoms with Gasteiger partial charge < -0.3 is 19.5 Å². The van der Waals surface area contributed by atoms with Gasteiger partial charge in [-0.05, 0) is 66.3 Å². The van der Waals surface area contributed by atoms with Crippen LogP contribution in [0.5, 0.6) is 0 Å². The van der Waals surface area contributed by atoms with Gasteiger partial charge in [-0.25, -0.2) is 0 Å². The molecule has 0 radical (unpaired) electrons. The lowest BCUT2D eigenvalue weighted by molar-refractivity contribution is -0.670. The van der Waals surface area contributed by atoms with Crippen molar-refractivity contribution in [1.29, 1.82) is 0 Å². The van der Waals surface area contributed by atoms with E-state index in [1.54, 1.807) is 30.2 Å². The molecule has 0 spiro atoms. The molecule has 1 unspecified atom stereocenters. The van der Waals surface area contributed by atoms with E-state index in [0.717, 1.165) is 57.0 Å². The van der Waals surface area contributed by atoms with Gasteiger partial charge in [-0.1, -0.05) is 77.9 Å². The standard InChI is InChI=1S/C32H32Cl2N2O3S2/c1-3-21-15-22(5-4-6-30-36(13-14-39-2)27-20-25(34)7-9-28(27)40-30)17-23(16-21)18-31-35(12-11-32(37)38)26-19-24(33)8-10-29(26)41-31/h4-10,17-21H,3,11-16H2,1-2H3. The van der Waals surface area contributed by atoms with Crippen LogP contribution in [0.1, 0.15) is 37.6 Å². The van der Waals surface area contributed by atoms with Crippen LogP contribution >= 0.6 is 46.3 Å². The average Bonchev–Trinajstić information content (AvgIpc) is 3.46. The number of allylic oxidation sites excluding steroid dienone is 6. The van der Waals surface area contributed by atoms with E-state index in [1.807, 2.05) is 35.2 Å². The molecule has 1 atom stereocenters. The first kappa shape index (κ1) is 29.9. The van der Waals surface area contributed by atoms with Crippen molar-refractivity contribution >= 4 is 74.2 Å². The fraction of sp³-hybridized carbons (Fsp3) is 0.312. The maximum absolute atomic E-state index is 11.3. The molecule has 3 aromatic rings. The third kappa shape index (κ3) is 7.27. The summed E-state index contributed by atoms with van der Waals surface area (Å²) >= 11 is 16.0. The summed E-state index contributed by atoms with van der Waals surface area (Å²) in [5.74, 6) is -0.514. The van der Waals surface area contributed by atoms with Crippen LogP contribution in [0.2, 0.25) is 10.0 Å². The third-order valence-corrected chi connectivity index (χ3v) is 10.0. The Balaban J connectivity index is 1.43. The van der Waals surface area contributed by atoms with Crippen LogP contribution in [0, 0.1) is 5.92 Å². The zero-order valence-corrected chi connectivity index (χ0v) is 26.2. The highest BCUT2D eigenvalue weighted by Gasteiger charge is 2.26. The number of aliphatic carboxylic acids is 1. The number of methoxy groups -OCH3 is 1. The fourth-order valence-corrected chi connectivity index (χ4v) is 7.80. The first-order valence-electron chi connectivity index (χ1n) is 13.7. The Kier molecular flexibility index (Phi) is 9.94. The Hall–Kier alpha value is -2.55. The number of hydrogen-bond donors (Lipinski definition) is 0. The van der Waals surface area contributed by atoms with Crippen molar-refractivity contribution in [1.82, 2.24) is 0 Å². The molecule has 2 aromatic carbocycles. The Morgan fingerprint density at radius 3 is 2.78 bits per heavy atom. The monoisotopic (exact) mass is 626 g/mol. The summed E-state index contributed by atoms with van der Waals surface area (Å²) in [7, 11) is 1.72. The summed E-state index contributed by atoms with van der Waals surface area (Å²) in [5.41, 5.74) is 4.59. The van der Waals surface area contributed by atoms with Gasteiger partial charge in [0, 0.05) is 53.1 Å². The molecule has 5 rings (SSSR count). The fourth-order valence-electron chi connectivity index (χ4n) is 5.24. The number of thioether (sulfide) groups is 1. The smallest absolute Gasteiger partial charge is 0.262 e. The number of fused-ring (bicyclic) bond motifs is 2. The second kappa shape index (κ2) is 13.6. The van der Waals surface area contributed by atoms with Crippen molar-refractivity contribution < 1.29 is 19.2 Å². The second-order valence-electron chi connectivity index (χ2n) is 10.2. The number of aromatic nitrogens is 1. The third-order valence-electron chi connectivity index (χ3n) is 7.30. The Morgan fingerprint density at radius 2 is 2.00 bits per heavy atom. The largest absolute Gasteiger partial charge is 0.550 e. The van der Waals surface area contributed by atoms with Gasteiger partial charge in [0.05, 0.1) is 10.7 Å². The molecule has 0 saturated carbocycles. The molecule has 0 fully saturated rings. The van der Waals surface area contributed by atoms with Crippen molar-refractivity contribution in [3.63, 3.8) is 0 Å². The van der Waals surface area contributed by atoms with Crippen molar-refractivity contribution in [2.24, 2.45) is 5.92 Å². The van der Waals surface area contributed by atoms with E-state index >= 15 is 0 Å². The number of anilines is 1. The lowest BCUT2D eigenvalue weighted by atomic mass is 9.84. The van der Waals surface area contributed by atoms with E-state index in [4.69, 9.17) is 27.9 Å². The predicted octanol–water partition coefficient (Wildman–Crippen LogP) is 7.42. The quantitative estimate of drug-likeness (QED) is 0.219. The number of carbonyl (C=O) groups excluding carboxylic acids is 1. The van der Waals surface area contributed by atoms with E-state index in [9.17, 15) is 9.90 Å². The summed E-state index contributed by atoms with van der Waals surface area (Å²) in [6.07, 6.45) is 14.1. The topological polar surface area (TPSA) is 56.5 Å². The maximum Gasteiger partial charge on any atom is 0.262 e. The molecule has 1 aliphatic heterocycles. The highest BCUT2D eigenvalue weighted by atomic mass is 35.5. The Morgan fingerprint density at radius 1 is 1.20 bits per heavy atom. The van der Waals surface area contributed by atoms with Gasteiger partial charge in [-0.15, -0.1) is 0 Å². The average molecular weight is 628 g/mol. The number of nitrogens with zero attached hydrogens (tertiary/aromatic N) is 2.